The third-order valence-corrected chi connectivity index (χ3v) is 6.09. The molecule has 0 saturated carbocycles. The van der Waals surface area contributed by atoms with Crippen LogP contribution in [-0.4, -0.2) is 30.6 Å². The van der Waals surface area contributed by atoms with Crippen LogP contribution in [0, 0.1) is 0 Å². The van der Waals surface area contributed by atoms with Crippen LogP contribution >= 0.6 is 34.8 Å². The van der Waals surface area contributed by atoms with Crippen molar-refractivity contribution in [3.63, 3.8) is 0 Å². The van der Waals surface area contributed by atoms with Gasteiger partial charge in [0.1, 0.15) is 11.4 Å². The Labute approximate surface area is 184 Å². The predicted molar refractivity (Wildman–Crippen MR) is 121 cm³/mol. The summed E-state index contributed by atoms with van der Waals surface area (Å²) in [6.45, 7) is 0. The highest BCUT2D eigenvalue weighted by Gasteiger charge is 2.23. The second-order valence-corrected chi connectivity index (χ2v) is 8.22. The lowest BCUT2D eigenvalue weighted by molar-refractivity contribution is 1.11. The minimum Gasteiger partial charge on any atom is -0.278 e. The molecule has 0 aliphatic heterocycles. The van der Waals surface area contributed by atoms with E-state index in [4.69, 9.17) is 34.8 Å². The molecule has 0 bridgehead atoms. The van der Waals surface area contributed by atoms with Gasteiger partial charge in [-0.1, -0.05) is 34.8 Å². The van der Waals surface area contributed by atoms with Crippen LogP contribution in [0.3, 0.4) is 0 Å². The number of H-pyrrole nitrogens is 3. The summed E-state index contributed by atoms with van der Waals surface area (Å²) in [7, 11) is 0. The van der Waals surface area contributed by atoms with Crippen molar-refractivity contribution in [1.29, 1.82) is 0 Å². The van der Waals surface area contributed by atoms with E-state index in [0.717, 1.165) is 49.5 Å². The first-order valence-electron chi connectivity index (χ1n) is 9.04. The van der Waals surface area contributed by atoms with Gasteiger partial charge in [0.15, 0.2) is 0 Å². The third kappa shape index (κ3) is 2.55. The van der Waals surface area contributed by atoms with Gasteiger partial charge in [0.25, 0.3) is 0 Å². The molecule has 3 N–H and O–H groups in total. The SMILES string of the molecule is Clc1ccc2c(-c3cc4[nH]ncc4c(Cl)c3-c3n[nH]c4ccc(Cl)cc34)n[nH]c2c1. The van der Waals surface area contributed by atoms with Crippen LogP contribution in [0.5, 0.6) is 0 Å². The molecule has 3 heterocycles. The molecular formula is C21H11Cl3N6. The van der Waals surface area contributed by atoms with Crippen molar-refractivity contribution in [2.75, 3.05) is 0 Å². The van der Waals surface area contributed by atoms with Crippen LogP contribution in [0.2, 0.25) is 15.1 Å². The van der Waals surface area contributed by atoms with E-state index in [1.807, 2.05) is 42.5 Å². The zero-order chi connectivity index (χ0) is 20.4. The van der Waals surface area contributed by atoms with Crippen molar-refractivity contribution in [2.45, 2.75) is 0 Å². The number of nitrogens with zero attached hydrogens (tertiary/aromatic N) is 3. The van der Waals surface area contributed by atoms with Crippen LogP contribution in [0.1, 0.15) is 0 Å². The zero-order valence-corrected chi connectivity index (χ0v) is 17.4. The standard InChI is InChI=1S/C21H11Cl3N6/c22-9-2-4-15-12(5-9)21(30-27-15)18-13(7-17-14(19(18)24)8-25-26-17)20-11-3-1-10(23)6-16(11)28-29-20/h1-8H,(H,25,26)(H,27,30)(H,28,29). The number of aromatic nitrogens is 6. The molecule has 9 heteroatoms. The number of hydrogen-bond donors (Lipinski definition) is 3. The molecule has 3 aromatic carbocycles. The van der Waals surface area contributed by atoms with Gasteiger partial charge in [0.05, 0.1) is 27.8 Å². The topological polar surface area (TPSA) is 86.0 Å². The third-order valence-electron chi connectivity index (χ3n) is 5.22. The van der Waals surface area contributed by atoms with E-state index in [9.17, 15) is 0 Å². The van der Waals surface area contributed by atoms with Gasteiger partial charge in [-0.15, -0.1) is 0 Å². The molecular weight excluding hydrogens is 443 g/mol. The van der Waals surface area contributed by atoms with Crippen molar-refractivity contribution in [3.05, 3.63) is 63.7 Å². The lowest BCUT2D eigenvalue weighted by Crippen LogP contribution is -1.90. The van der Waals surface area contributed by atoms with Crippen LogP contribution in [-0.2, 0) is 0 Å². The van der Waals surface area contributed by atoms with Crippen molar-refractivity contribution in [1.82, 2.24) is 30.6 Å². The quantitative estimate of drug-likeness (QED) is 0.276. The molecule has 6 aromatic rings. The summed E-state index contributed by atoms with van der Waals surface area (Å²) in [5.74, 6) is 0. The number of halogens is 3. The molecule has 3 aromatic heterocycles. The number of rotatable bonds is 2. The van der Waals surface area contributed by atoms with Crippen molar-refractivity contribution < 1.29 is 0 Å². The van der Waals surface area contributed by atoms with Gasteiger partial charge in [0, 0.05) is 37.3 Å². The Bertz CT molecular complexity index is 1590. The molecule has 0 aliphatic rings. The van der Waals surface area contributed by atoms with Gasteiger partial charge in [-0.25, -0.2) is 0 Å². The van der Waals surface area contributed by atoms with Crippen LogP contribution in [0.4, 0.5) is 0 Å². The maximum Gasteiger partial charge on any atom is 0.102 e. The highest BCUT2D eigenvalue weighted by Crippen LogP contribution is 2.44. The summed E-state index contributed by atoms with van der Waals surface area (Å²) < 4.78 is 0. The monoisotopic (exact) mass is 452 g/mol. The van der Waals surface area contributed by atoms with E-state index < -0.39 is 0 Å². The van der Waals surface area contributed by atoms with Gasteiger partial charge in [0.2, 0.25) is 0 Å². The van der Waals surface area contributed by atoms with Crippen LogP contribution < -0.4 is 0 Å². The Morgan fingerprint density at radius 2 is 1.37 bits per heavy atom. The second kappa shape index (κ2) is 6.47. The number of aromatic amines is 3. The van der Waals surface area contributed by atoms with Gasteiger partial charge in [-0.2, -0.15) is 15.3 Å². The lowest BCUT2D eigenvalue weighted by atomic mass is 9.96. The number of fused-ring (bicyclic) bond motifs is 3. The Morgan fingerprint density at radius 3 is 2.27 bits per heavy atom. The Balaban J connectivity index is 1.74. The summed E-state index contributed by atoms with van der Waals surface area (Å²) in [4.78, 5) is 0. The van der Waals surface area contributed by atoms with Gasteiger partial charge in [-0.05, 0) is 42.5 Å². The van der Waals surface area contributed by atoms with E-state index >= 15 is 0 Å². The molecule has 0 saturated heterocycles. The smallest absolute Gasteiger partial charge is 0.102 e. The fraction of sp³-hybridized carbons (Fsp3) is 0. The molecule has 0 unspecified atom stereocenters. The summed E-state index contributed by atoms with van der Waals surface area (Å²) in [6.07, 6.45) is 1.70. The first-order chi connectivity index (χ1) is 14.6. The van der Waals surface area contributed by atoms with E-state index in [1.54, 1.807) is 6.20 Å². The molecule has 6 rings (SSSR count). The van der Waals surface area contributed by atoms with Crippen molar-refractivity contribution >= 4 is 67.5 Å². The number of hydrogen-bond acceptors (Lipinski definition) is 3. The van der Waals surface area contributed by atoms with Gasteiger partial charge >= 0.3 is 0 Å². The highest BCUT2D eigenvalue weighted by molar-refractivity contribution is 6.39. The molecule has 6 nitrogen and oxygen atoms in total. The summed E-state index contributed by atoms with van der Waals surface area (Å²) in [5, 5.41) is 26.8. The average molecular weight is 454 g/mol. The van der Waals surface area contributed by atoms with E-state index in [1.165, 1.54) is 0 Å². The van der Waals surface area contributed by atoms with E-state index in [0.29, 0.717) is 20.8 Å². The Hall–Kier alpha value is -3.06. The maximum atomic E-state index is 6.91. The molecule has 0 fully saturated rings. The van der Waals surface area contributed by atoms with Crippen LogP contribution in [0.15, 0.2) is 48.7 Å². The van der Waals surface area contributed by atoms with Crippen LogP contribution in [0.25, 0.3) is 55.2 Å². The number of nitrogens with one attached hydrogen (secondary N) is 3. The van der Waals surface area contributed by atoms with Crippen molar-refractivity contribution in [3.8, 4) is 22.5 Å². The van der Waals surface area contributed by atoms with Gasteiger partial charge < -0.3 is 0 Å². The molecule has 0 atom stereocenters. The number of benzene rings is 3. The average Bonchev–Trinajstić information content (AvgIpc) is 3.45. The highest BCUT2D eigenvalue weighted by atomic mass is 35.5. The second-order valence-electron chi connectivity index (χ2n) is 6.97. The molecule has 0 spiro atoms. The van der Waals surface area contributed by atoms with Gasteiger partial charge in [-0.3, -0.25) is 15.3 Å². The molecule has 0 radical (unpaired) electrons. The van der Waals surface area contributed by atoms with E-state index in [-0.39, 0.29) is 0 Å². The summed E-state index contributed by atoms with van der Waals surface area (Å²) >= 11 is 19.3. The Kier molecular flexibility index (Phi) is 3.83. The summed E-state index contributed by atoms with van der Waals surface area (Å²) in [6, 6.07) is 13.2. The Morgan fingerprint density at radius 1 is 0.633 bits per heavy atom. The van der Waals surface area contributed by atoms with Crippen molar-refractivity contribution in [2.24, 2.45) is 0 Å². The normalized spacial score (nSPS) is 11.8. The molecule has 30 heavy (non-hydrogen) atoms. The zero-order valence-electron chi connectivity index (χ0n) is 15.1. The fourth-order valence-corrected chi connectivity index (χ4v) is 4.53. The molecule has 0 amide bonds. The first-order valence-corrected chi connectivity index (χ1v) is 10.2. The largest absolute Gasteiger partial charge is 0.278 e. The molecule has 146 valence electrons. The maximum absolute atomic E-state index is 6.91. The minimum absolute atomic E-state index is 0.537. The fourth-order valence-electron chi connectivity index (χ4n) is 3.84. The first kappa shape index (κ1) is 17.8. The minimum atomic E-state index is 0.537. The summed E-state index contributed by atoms with van der Waals surface area (Å²) in [5.41, 5.74) is 5.51. The molecule has 0 aliphatic carbocycles. The van der Waals surface area contributed by atoms with E-state index in [2.05, 4.69) is 30.6 Å². The predicted octanol–water partition coefficient (Wildman–Crippen LogP) is 6.61. The lowest BCUT2D eigenvalue weighted by Gasteiger charge is -2.10.